The molecule has 0 aliphatic rings. The minimum Gasteiger partial charge on any atom is -0.466 e. The molecule has 0 fully saturated rings. The molecule has 0 aliphatic carbocycles. The van der Waals surface area contributed by atoms with Gasteiger partial charge in [-0.3, -0.25) is 4.79 Å². The highest BCUT2D eigenvalue weighted by Gasteiger charge is 2.11. The van der Waals surface area contributed by atoms with Gasteiger partial charge < -0.3 is 10.1 Å². The Morgan fingerprint density at radius 1 is 1.16 bits per heavy atom. The van der Waals surface area contributed by atoms with Crippen molar-refractivity contribution >= 4 is 28.6 Å². The van der Waals surface area contributed by atoms with Gasteiger partial charge in [-0.1, -0.05) is 24.3 Å². The molecule has 0 bridgehead atoms. The van der Waals surface area contributed by atoms with E-state index in [2.05, 4.69) is 10.4 Å². The second-order valence-corrected chi connectivity index (χ2v) is 5.73. The molecule has 1 amide bonds. The van der Waals surface area contributed by atoms with Crippen molar-refractivity contribution in [2.75, 3.05) is 11.9 Å². The molecule has 3 aromatic rings. The molecule has 6 nitrogen and oxygen atoms in total. The Balaban J connectivity index is 1.72. The highest BCUT2D eigenvalue weighted by molar-refractivity contribution is 5.97. The summed E-state index contributed by atoms with van der Waals surface area (Å²) in [6.45, 7) is 4.11. The van der Waals surface area contributed by atoms with Crippen molar-refractivity contribution < 1.29 is 14.3 Å². The summed E-state index contributed by atoms with van der Waals surface area (Å²) in [5, 5.41) is 7.87. The van der Waals surface area contributed by atoms with Gasteiger partial charge in [0.1, 0.15) is 0 Å². The fourth-order valence-electron chi connectivity index (χ4n) is 2.55. The third-order valence-corrected chi connectivity index (χ3v) is 3.78. The van der Waals surface area contributed by atoms with Crippen LogP contribution in [0, 0.1) is 6.92 Å². The fraction of sp³-hybridized carbons (Fsp3) is 0.211. The maximum atomic E-state index is 12.5. The predicted molar refractivity (Wildman–Crippen MR) is 95.7 cm³/mol. The Bertz CT molecular complexity index is 913. The molecule has 6 heteroatoms. The fourth-order valence-corrected chi connectivity index (χ4v) is 2.55. The molecule has 128 valence electrons. The Kier molecular flexibility index (Phi) is 4.79. The van der Waals surface area contributed by atoms with Crippen LogP contribution in [0.25, 0.3) is 10.9 Å². The van der Waals surface area contributed by atoms with Gasteiger partial charge >= 0.3 is 12.0 Å². The zero-order valence-electron chi connectivity index (χ0n) is 14.2. The smallest absolute Gasteiger partial charge is 0.347 e. The predicted octanol–water partition coefficient (Wildman–Crippen LogP) is 3.53. The minimum atomic E-state index is -0.334. The van der Waals surface area contributed by atoms with Crippen molar-refractivity contribution in [3.8, 4) is 0 Å². The molecule has 0 saturated carbocycles. The lowest BCUT2D eigenvalue weighted by molar-refractivity contribution is -0.142. The van der Waals surface area contributed by atoms with Crippen molar-refractivity contribution in [2.24, 2.45) is 0 Å². The first-order valence-corrected chi connectivity index (χ1v) is 8.07. The normalized spacial score (nSPS) is 10.6. The number of rotatable bonds is 4. The topological polar surface area (TPSA) is 73.2 Å². The van der Waals surface area contributed by atoms with E-state index in [9.17, 15) is 9.59 Å². The number of benzene rings is 2. The summed E-state index contributed by atoms with van der Waals surface area (Å²) in [5.41, 5.74) is 3.28. The van der Waals surface area contributed by atoms with Crippen LogP contribution in [-0.2, 0) is 16.0 Å². The third kappa shape index (κ3) is 3.85. The van der Waals surface area contributed by atoms with Crippen LogP contribution in [0.3, 0.4) is 0 Å². The molecule has 2 aromatic carbocycles. The number of anilines is 1. The third-order valence-electron chi connectivity index (χ3n) is 3.78. The summed E-state index contributed by atoms with van der Waals surface area (Å²) in [5.74, 6) is -0.266. The van der Waals surface area contributed by atoms with E-state index in [1.54, 1.807) is 37.4 Å². The molecular formula is C19H19N3O3. The number of amides is 1. The lowest BCUT2D eigenvalue weighted by Crippen LogP contribution is -2.20. The van der Waals surface area contributed by atoms with Crippen LogP contribution >= 0.6 is 0 Å². The number of esters is 1. The molecule has 0 unspecified atom stereocenters. The van der Waals surface area contributed by atoms with Crippen LogP contribution in [0.5, 0.6) is 0 Å². The number of aromatic nitrogens is 2. The number of ether oxygens (including phenoxy) is 1. The summed E-state index contributed by atoms with van der Waals surface area (Å²) in [6.07, 6.45) is 1.88. The molecule has 1 aromatic heterocycles. The van der Waals surface area contributed by atoms with Crippen LogP contribution in [-0.4, -0.2) is 28.4 Å². The number of carbonyl (C=O) groups is 2. The second-order valence-electron chi connectivity index (χ2n) is 5.73. The number of aryl methyl sites for hydroxylation is 1. The number of nitrogens with zero attached hydrogens (tertiary/aromatic N) is 2. The maximum absolute atomic E-state index is 12.5. The number of fused-ring (bicyclic) bond motifs is 1. The Morgan fingerprint density at radius 2 is 1.92 bits per heavy atom. The van der Waals surface area contributed by atoms with Gasteiger partial charge in [0.2, 0.25) is 0 Å². The van der Waals surface area contributed by atoms with E-state index in [0.717, 1.165) is 22.0 Å². The molecule has 25 heavy (non-hydrogen) atoms. The summed E-state index contributed by atoms with van der Waals surface area (Å²) in [4.78, 5) is 23.9. The van der Waals surface area contributed by atoms with E-state index in [4.69, 9.17) is 4.74 Å². The van der Waals surface area contributed by atoms with E-state index in [0.29, 0.717) is 12.3 Å². The molecule has 0 spiro atoms. The highest BCUT2D eigenvalue weighted by Crippen LogP contribution is 2.17. The number of nitrogens with one attached hydrogen (secondary N) is 1. The second kappa shape index (κ2) is 7.17. The minimum absolute atomic E-state index is 0.213. The van der Waals surface area contributed by atoms with Gasteiger partial charge in [0.15, 0.2) is 0 Å². The zero-order valence-corrected chi connectivity index (χ0v) is 14.2. The first-order chi connectivity index (χ1) is 12.1. The molecule has 0 aliphatic heterocycles. The van der Waals surface area contributed by atoms with Gasteiger partial charge in [0.25, 0.3) is 0 Å². The van der Waals surface area contributed by atoms with E-state index < -0.39 is 0 Å². The number of carbonyl (C=O) groups excluding carboxylic acids is 2. The van der Waals surface area contributed by atoms with Crippen LogP contribution < -0.4 is 5.32 Å². The van der Waals surface area contributed by atoms with Gasteiger partial charge in [0.05, 0.1) is 24.7 Å². The van der Waals surface area contributed by atoms with Crippen molar-refractivity contribution in [2.45, 2.75) is 20.3 Å². The molecule has 0 radical (unpaired) electrons. The molecular weight excluding hydrogens is 318 g/mol. The molecule has 3 rings (SSSR count). The van der Waals surface area contributed by atoms with Crippen molar-refractivity contribution in [3.63, 3.8) is 0 Å². The Labute approximate surface area is 145 Å². The van der Waals surface area contributed by atoms with Crippen molar-refractivity contribution in [3.05, 3.63) is 59.8 Å². The van der Waals surface area contributed by atoms with Crippen molar-refractivity contribution in [1.82, 2.24) is 9.78 Å². The van der Waals surface area contributed by atoms with Crippen molar-refractivity contribution in [1.29, 1.82) is 0 Å². The van der Waals surface area contributed by atoms with Gasteiger partial charge in [-0.05, 0) is 43.2 Å². The number of hydrogen-bond acceptors (Lipinski definition) is 4. The molecule has 1 N–H and O–H groups in total. The molecule has 1 heterocycles. The van der Waals surface area contributed by atoms with E-state index in [1.807, 2.05) is 25.1 Å². The van der Waals surface area contributed by atoms with Crippen LogP contribution in [0.15, 0.2) is 48.7 Å². The average Bonchev–Trinajstić information content (AvgIpc) is 3.00. The SMILES string of the molecule is CCOC(=O)Cc1ccc(NC(=O)n2ncc3ccc(C)cc32)cc1. The van der Waals surface area contributed by atoms with Gasteiger partial charge in [0, 0.05) is 11.1 Å². The van der Waals surface area contributed by atoms with Gasteiger partial charge in [-0.2, -0.15) is 9.78 Å². The Hall–Kier alpha value is -3.15. The van der Waals surface area contributed by atoms with Crippen LogP contribution in [0.1, 0.15) is 18.1 Å². The lowest BCUT2D eigenvalue weighted by atomic mass is 10.1. The molecule has 0 atom stereocenters. The van der Waals surface area contributed by atoms with Crippen LogP contribution in [0.2, 0.25) is 0 Å². The average molecular weight is 337 g/mol. The van der Waals surface area contributed by atoms with Crippen LogP contribution in [0.4, 0.5) is 10.5 Å². The summed E-state index contributed by atoms with van der Waals surface area (Å²) in [7, 11) is 0. The van der Waals surface area contributed by atoms with Gasteiger partial charge in [-0.25, -0.2) is 4.79 Å². The van der Waals surface area contributed by atoms with E-state index in [1.165, 1.54) is 4.68 Å². The largest absolute Gasteiger partial charge is 0.466 e. The zero-order chi connectivity index (χ0) is 17.8. The summed E-state index contributed by atoms with van der Waals surface area (Å²) >= 11 is 0. The first-order valence-electron chi connectivity index (χ1n) is 8.07. The van der Waals surface area contributed by atoms with Gasteiger partial charge in [-0.15, -0.1) is 0 Å². The summed E-state index contributed by atoms with van der Waals surface area (Å²) < 4.78 is 6.26. The molecule has 0 saturated heterocycles. The Morgan fingerprint density at radius 3 is 2.64 bits per heavy atom. The maximum Gasteiger partial charge on any atom is 0.347 e. The first kappa shape index (κ1) is 16.7. The van der Waals surface area contributed by atoms with E-state index >= 15 is 0 Å². The number of hydrogen-bond donors (Lipinski definition) is 1. The summed E-state index contributed by atoms with van der Waals surface area (Å²) in [6, 6.07) is 12.6. The van der Waals surface area contributed by atoms with E-state index in [-0.39, 0.29) is 18.4 Å². The monoisotopic (exact) mass is 337 g/mol. The standard InChI is InChI=1S/C19H19N3O3/c1-3-25-18(23)11-14-5-8-16(9-6-14)21-19(24)22-17-10-13(2)4-7-15(17)12-20-22/h4-10,12H,3,11H2,1-2H3,(H,21,24). The highest BCUT2D eigenvalue weighted by atomic mass is 16.5. The lowest BCUT2D eigenvalue weighted by Gasteiger charge is -2.07. The quantitative estimate of drug-likeness (QED) is 0.739.